The van der Waals surface area contributed by atoms with Crippen LogP contribution in [0.2, 0.25) is 0 Å². The smallest absolute Gasteiger partial charge is 0.329 e. The average molecular weight is 357 g/mol. The van der Waals surface area contributed by atoms with E-state index in [4.69, 9.17) is 0 Å². The number of carbonyl (C=O) groups excluding carboxylic acids is 2. The summed E-state index contributed by atoms with van der Waals surface area (Å²) >= 11 is 0. The quantitative estimate of drug-likeness (QED) is 0.770. The van der Waals surface area contributed by atoms with Crippen molar-refractivity contribution in [2.45, 2.75) is 18.9 Å². The van der Waals surface area contributed by atoms with E-state index in [1.807, 2.05) is 18.2 Å². The fourth-order valence-electron chi connectivity index (χ4n) is 3.84. The van der Waals surface area contributed by atoms with Crippen molar-refractivity contribution in [3.63, 3.8) is 0 Å². The maximum Gasteiger partial charge on any atom is 0.329 e. The molecule has 0 saturated carbocycles. The lowest BCUT2D eigenvalue weighted by Gasteiger charge is -2.34. The summed E-state index contributed by atoms with van der Waals surface area (Å²) in [5.41, 5.74) is 2.38. The number of hydrogen-bond donors (Lipinski definition) is 1. The Morgan fingerprint density at radius 1 is 1.00 bits per heavy atom. The maximum atomic E-state index is 12.8. The molecule has 1 aromatic carbocycles. The van der Waals surface area contributed by atoms with Crippen LogP contribution in [-0.2, 0) is 16.6 Å². The Morgan fingerprint density at radius 3 is 2.42 bits per heavy atom. The van der Waals surface area contributed by atoms with Crippen LogP contribution < -0.4 is 15.9 Å². The van der Waals surface area contributed by atoms with E-state index in [-0.39, 0.29) is 18.0 Å². The Kier molecular flexibility index (Phi) is 4.07. The Balaban J connectivity index is 1.74. The van der Waals surface area contributed by atoms with Crippen molar-refractivity contribution in [2.75, 3.05) is 38.1 Å². The summed E-state index contributed by atoms with van der Waals surface area (Å²) in [6.07, 6.45) is 0.600. The van der Waals surface area contributed by atoms with Gasteiger partial charge in [-0.25, -0.2) is 4.79 Å². The third-order valence-electron chi connectivity index (χ3n) is 5.46. The van der Waals surface area contributed by atoms with E-state index < -0.39 is 11.9 Å². The molecule has 2 saturated heterocycles. The van der Waals surface area contributed by atoms with Crippen LogP contribution in [0, 0.1) is 0 Å². The molecule has 2 aliphatic rings. The zero-order valence-electron chi connectivity index (χ0n) is 15.1. The number of fused-ring (bicyclic) bond motifs is 1. The van der Waals surface area contributed by atoms with Crippen LogP contribution in [-0.4, -0.2) is 59.1 Å². The van der Waals surface area contributed by atoms with Crippen LogP contribution in [0.3, 0.4) is 0 Å². The average Bonchev–Trinajstić information content (AvgIpc) is 2.87. The van der Waals surface area contributed by atoms with Gasteiger partial charge in [0.05, 0.1) is 11.0 Å². The number of amides is 2. The van der Waals surface area contributed by atoms with Gasteiger partial charge in [-0.3, -0.25) is 24.0 Å². The van der Waals surface area contributed by atoms with Crippen LogP contribution in [0.1, 0.15) is 18.9 Å². The topological polar surface area (TPSA) is 79.6 Å². The molecule has 1 unspecified atom stereocenters. The Morgan fingerprint density at radius 2 is 1.73 bits per heavy atom. The van der Waals surface area contributed by atoms with Gasteiger partial charge in [0.25, 0.3) is 0 Å². The molecule has 8 heteroatoms. The number of carbonyl (C=O) groups is 2. The number of benzene rings is 1. The normalized spacial score (nSPS) is 22.1. The van der Waals surface area contributed by atoms with Crippen molar-refractivity contribution in [3.8, 4) is 0 Å². The third-order valence-corrected chi connectivity index (χ3v) is 5.46. The molecule has 1 aromatic heterocycles. The molecule has 0 bridgehead atoms. The second-order valence-electron chi connectivity index (χ2n) is 7.14. The van der Waals surface area contributed by atoms with Gasteiger partial charge in [0.15, 0.2) is 0 Å². The van der Waals surface area contributed by atoms with Crippen molar-refractivity contribution in [3.05, 3.63) is 28.7 Å². The van der Waals surface area contributed by atoms with Gasteiger partial charge < -0.3 is 9.80 Å². The van der Waals surface area contributed by atoms with E-state index in [2.05, 4.69) is 22.2 Å². The summed E-state index contributed by atoms with van der Waals surface area (Å²) in [4.78, 5) is 41.0. The van der Waals surface area contributed by atoms with E-state index in [1.54, 1.807) is 11.6 Å². The highest BCUT2D eigenvalue weighted by Crippen LogP contribution is 2.26. The summed E-state index contributed by atoms with van der Waals surface area (Å²) in [6.45, 7) is 3.91. The molecule has 26 heavy (non-hydrogen) atoms. The van der Waals surface area contributed by atoms with Gasteiger partial charge in [-0.15, -0.1) is 0 Å². The zero-order valence-corrected chi connectivity index (χ0v) is 15.1. The van der Waals surface area contributed by atoms with Gasteiger partial charge in [-0.2, -0.15) is 0 Å². The second-order valence-corrected chi connectivity index (χ2v) is 7.14. The number of nitrogens with zero attached hydrogens (tertiary/aromatic N) is 4. The van der Waals surface area contributed by atoms with Gasteiger partial charge in [0, 0.05) is 45.3 Å². The lowest BCUT2D eigenvalue weighted by molar-refractivity contribution is -0.135. The van der Waals surface area contributed by atoms with Gasteiger partial charge in [0.1, 0.15) is 6.04 Å². The molecule has 3 heterocycles. The fraction of sp³-hybridized carbons (Fsp3) is 0.500. The predicted molar refractivity (Wildman–Crippen MR) is 98.3 cm³/mol. The molecule has 2 aromatic rings. The van der Waals surface area contributed by atoms with Crippen molar-refractivity contribution >= 4 is 28.5 Å². The molecule has 1 N–H and O–H groups in total. The van der Waals surface area contributed by atoms with E-state index in [1.165, 1.54) is 4.57 Å². The molecule has 2 fully saturated rings. The summed E-state index contributed by atoms with van der Waals surface area (Å²) < 4.78 is 3.10. The van der Waals surface area contributed by atoms with Crippen LogP contribution in [0.15, 0.2) is 23.0 Å². The zero-order chi connectivity index (χ0) is 18.4. The molecule has 2 amide bonds. The highest BCUT2D eigenvalue weighted by Gasteiger charge is 2.31. The molecule has 138 valence electrons. The number of likely N-dealkylation sites (N-methyl/N-ethyl adjacent to an activating group) is 1. The summed E-state index contributed by atoms with van der Waals surface area (Å²) in [5.74, 6) is -0.684. The summed E-state index contributed by atoms with van der Waals surface area (Å²) in [6, 6.07) is 5.30. The van der Waals surface area contributed by atoms with Crippen LogP contribution in [0.4, 0.5) is 5.69 Å². The van der Waals surface area contributed by atoms with Gasteiger partial charge >= 0.3 is 5.69 Å². The number of aryl methyl sites for hydroxylation is 1. The van der Waals surface area contributed by atoms with Crippen molar-refractivity contribution in [2.24, 2.45) is 7.05 Å². The molecule has 0 radical (unpaired) electrons. The minimum Gasteiger partial charge on any atom is -0.369 e. The van der Waals surface area contributed by atoms with Crippen molar-refractivity contribution in [1.82, 2.24) is 19.4 Å². The van der Waals surface area contributed by atoms with Gasteiger partial charge in [0.2, 0.25) is 11.8 Å². The number of aromatic nitrogens is 2. The van der Waals surface area contributed by atoms with E-state index in [9.17, 15) is 14.4 Å². The van der Waals surface area contributed by atoms with Crippen LogP contribution in [0.5, 0.6) is 0 Å². The first-order chi connectivity index (χ1) is 12.5. The highest BCUT2D eigenvalue weighted by atomic mass is 16.2. The fourth-order valence-corrected chi connectivity index (χ4v) is 3.84. The van der Waals surface area contributed by atoms with Crippen LogP contribution in [0.25, 0.3) is 11.0 Å². The number of rotatable bonds is 2. The van der Waals surface area contributed by atoms with Crippen molar-refractivity contribution in [1.29, 1.82) is 0 Å². The largest absolute Gasteiger partial charge is 0.369 e. The maximum absolute atomic E-state index is 12.8. The van der Waals surface area contributed by atoms with E-state index in [0.29, 0.717) is 6.42 Å². The predicted octanol–water partition coefficient (Wildman–Crippen LogP) is 0.0695. The molecule has 1 atom stereocenters. The molecule has 0 aliphatic carbocycles. The standard InChI is InChI=1S/C18H23N5O3/c1-20-7-9-22(10-8-20)12-3-4-13-15(11-12)21(2)18(26)23(13)14-5-6-16(24)19-17(14)25/h3-4,11,14H,5-10H2,1-2H3,(H,19,24,25). The van der Waals surface area contributed by atoms with Gasteiger partial charge in [-0.05, 0) is 31.7 Å². The number of piperidine rings is 1. The Hall–Kier alpha value is -2.61. The molecular formula is C18H23N5O3. The lowest BCUT2D eigenvalue weighted by atomic mass is 10.1. The summed E-state index contributed by atoms with van der Waals surface area (Å²) in [5, 5.41) is 2.34. The first kappa shape index (κ1) is 16.8. The number of anilines is 1. The number of imide groups is 1. The van der Waals surface area contributed by atoms with E-state index >= 15 is 0 Å². The van der Waals surface area contributed by atoms with Crippen molar-refractivity contribution < 1.29 is 9.59 Å². The Bertz CT molecular complexity index is 936. The number of hydrogen-bond acceptors (Lipinski definition) is 5. The summed E-state index contributed by atoms with van der Waals surface area (Å²) in [7, 11) is 3.84. The number of imidazole rings is 1. The third kappa shape index (κ3) is 2.70. The number of nitrogens with one attached hydrogen (secondary N) is 1. The minimum absolute atomic E-state index is 0.231. The number of piperazine rings is 1. The molecule has 2 aliphatic heterocycles. The molecule has 4 rings (SSSR count). The second kappa shape index (κ2) is 6.28. The molecule has 0 spiro atoms. The monoisotopic (exact) mass is 357 g/mol. The van der Waals surface area contributed by atoms with E-state index in [0.717, 1.165) is 42.9 Å². The van der Waals surface area contributed by atoms with Crippen LogP contribution >= 0.6 is 0 Å². The Labute approximate surface area is 151 Å². The first-order valence-corrected chi connectivity index (χ1v) is 8.94. The SMILES string of the molecule is CN1CCN(c2ccc3c(c2)n(C)c(=O)n3C2CCC(=O)NC2=O)CC1. The lowest BCUT2D eigenvalue weighted by Crippen LogP contribution is -2.44. The minimum atomic E-state index is -0.640. The first-order valence-electron chi connectivity index (χ1n) is 8.94. The molecular weight excluding hydrogens is 334 g/mol. The highest BCUT2D eigenvalue weighted by molar-refractivity contribution is 6.00. The van der Waals surface area contributed by atoms with Gasteiger partial charge in [-0.1, -0.05) is 0 Å². The molecule has 8 nitrogen and oxygen atoms in total.